The lowest BCUT2D eigenvalue weighted by Gasteiger charge is -2.02. The molecule has 0 atom stereocenters. The van der Waals surface area contributed by atoms with Crippen LogP contribution in [0.15, 0.2) is 25.7 Å². The molecule has 0 fully saturated rings. The lowest BCUT2D eigenvalue weighted by molar-refractivity contribution is 0.392. The summed E-state index contributed by atoms with van der Waals surface area (Å²) in [6.45, 7) is 5.65. The maximum Gasteiger partial charge on any atom is 0.169 e. The van der Waals surface area contributed by atoms with Crippen molar-refractivity contribution < 1.29 is 8.94 Å². The van der Waals surface area contributed by atoms with Gasteiger partial charge in [-0.25, -0.2) is 0 Å². The maximum absolute atomic E-state index is 5.40. The van der Waals surface area contributed by atoms with Crippen molar-refractivity contribution in [2.75, 3.05) is 6.54 Å². The number of hydrogen-bond acceptors (Lipinski definition) is 4. The zero-order chi connectivity index (χ0) is 13.0. The molecule has 0 aliphatic rings. The quantitative estimate of drug-likeness (QED) is 0.831. The summed E-state index contributed by atoms with van der Waals surface area (Å²) >= 11 is 3.29. The Bertz CT molecular complexity index is 485. The second-order valence-corrected chi connectivity index (χ2v) is 5.07. The van der Waals surface area contributed by atoms with Crippen LogP contribution < -0.4 is 5.32 Å². The molecule has 1 N–H and O–H groups in total. The molecule has 2 heterocycles. The van der Waals surface area contributed by atoms with Crippen LogP contribution in [0.2, 0.25) is 0 Å². The predicted molar refractivity (Wildman–Crippen MR) is 72.4 cm³/mol. The van der Waals surface area contributed by atoms with Gasteiger partial charge >= 0.3 is 0 Å². The highest BCUT2D eigenvalue weighted by molar-refractivity contribution is 9.10. The average Bonchev–Trinajstić information content (AvgIpc) is 2.88. The van der Waals surface area contributed by atoms with Gasteiger partial charge in [-0.3, -0.25) is 0 Å². The van der Waals surface area contributed by atoms with E-state index in [1.54, 1.807) is 0 Å². The molecule has 0 amide bonds. The molecule has 2 aromatic rings. The van der Waals surface area contributed by atoms with Crippen LogP contribution in [0.4, 0.5) is 0 Å². The van der Waals surface area contributed by atoms with E-state index in [0.717, 1.165) is 47.8 Å². The molecule has 0 radical (unpaired) electrons. The third kappa shape index (κ3) is 3.46. The van der Waals surface area contributed by atoms with Gasteiger partial charge in [-0.15, -0.1) is 0 Å². The van der Waals surface area contributed by atoms with E-state index < -0.39 is 0 Å². The normalized spacial score (nSPS) is 11.1. The van der Waals surface area contributed by atoms with Crippen molar-refractivity contribution in [2.45, 2.75) is 33.2 Å². The minimum atomic E-state index is 0.757. The average molecular weight is 313 g/mol. The Balaban J connectivity index is 1.67. The highest BCUT2D eigenvalue weighted by Gasteiger charge is 2.07. The van der Waals surface area contributed by atoms with Gasteiger partial charge < -0.3 is 14.3 Å². The molecule has 2 aromatic heterocycles. The van der Waals surface area contributed by atoms with E-state index in [1.807, 2.05) is 26.0 Å². The SMILES string of the molecule is Cc1noc(C)c1CCCNCc1ccc(Br)o1. The first-order valence-corrected chi connectivity index (χ1v) is 6.83. The highest BCUT2D eigenvalue weighted by atomic mass is 79.9. The van der Waals surface area contributed by atoms with Crippen molar-refractivity contribution in [1.82, 2.24) is 10.5 Å². The van der Waals surface area contributed by atoms with Crippen LogP contribution >= 0.6 is 15.9 Å². The smallest absolute Gasteiger partial charge is 0.169 e. The van der Waals surface area contributed by atoms with Crippen LogP contribution in [0.3, 0.4) is 0 Å². The van der Waals surface area contributed by atoms with Crippen molar-refractivity contribution in [3.8, 4) is 0 Å². The van der Waals surface area contributed by atoms with Crippen molar-refractivity contribution in [2.24, 2.45) is 0 Å². The summed E-state index contributed by atoms with van der Waals surface area (Å²) in [6, 6.07) is 3.87. The van der Waals surface area contributed by atoms with Crippen LogP contribution in [0, 0.1) is 13.8 Å². The number of nitrogens with one attached hydrogen (secondary N) is 1. The Hall–Kier alpha value is -1.07. The monoisotopic (exact) mass is 312 g/mol. The van der Waals surface area contributed by atoms with E-state index in [2.05, 4.69) is 26.4 Å². The van der Waals surface area contributed by atoms with Crippen molar-refractivity contribution in [1.29, 1.82) is 0 Å². The lowest BCUT2D eigenvalue weighted by Crippen LogP contribution is -2.15. The molecule has 0 spiro atoms. The van der Waals surface area contributed by atoms with Crippen LogP contribution in [-0.4, -0.2) is 11.7 Å². The van der Waals surface area contributed by atoms with Crippen molar-refractivity contribution in [3.05, 3.63) is 39.6 Å². The fourth-order valence-electron chi connectivity index (χ4n) is 1.91. The number of aromatic nitrogens is 1. The Kier molecular flexibility index (Phi) is 4.60. The van der Waals surface area contributed by atoms with Crippen LogP contribution in [0.25, 0.3) is 0 Å². The van der Waals surface area contributed by atoms with E-state index in [9.17, 15) is 0 Å². The largest absolute Gasteiger partial charge is 0.453 e. The number of rotatable bonds is 6. The number of furan rings is 1. The standard InChI is InChI=1S/C13H17BrN2O2/c1-9-12(10(2)18-16-9)4-3-7-15-8-11-5-6-13(14)17-11/h5-6,15H,3-4,7-8H2,1-2H3. The first-order valence-electron chi connectivity index (χ1n) is 6.03. The van der Waals surface area contributed by atoms with Gasteiger partial charge in [-0.05, 0) is 61.3 Å². The van der Waals surface area contributed by atoms with Gasteiger partial charge in [0.05, 0.1) is 12.2 Å². The summed E-state index contributed by atoms with van der Waals surface area (Å²) in [4.78, 5) is 0. The van der Waals surface area contributed by atoms with Gasteiger partial charge in [0.1, 0.15) is 11.5 Å². The van der Waals surface area contributed by atoms with Crippen molar-refractivity contribution >= 4 is 15.9 Å². The molecule has 4 nitrogen and oxygen atoms in total. The third-order valence-electron chi connectivity index (χ3n) is 2.89. The molecule has 98 valence electrons. The summed E-state index contributed by atoms with van der Waals surface area (Å²) in [5.41, 5.74) is 2.24. The van der Waals surface area contributed by atoms with Crippen LogP contribution in [0.5, 0.6) is 0 Å². The summed E-state index contributed by atoms with van der Waals surface area (Å²) in [5, 5.41) is 7.30. The minimum Gasteiger partial charge on any atom is -0.453 e. The maximum atomic E-state index is 5.40. The molecule has 0 aliphatic heterocycles. The summed E-state index contributed by atoms with van der Waals surface area (Å²) < 4.78 is 11.3. The fourth-order valence-corrected chi connectivity index (χ4v) is 2.25. The molecular weight excluding hydrogens is 296 g/mol. The van der Waals surface area contributed by atoms with Gasteiger partial charge in [-0.2, -0.15) is 0 Å². The molecule has 0 saturated carbocycles. The third-order valence-corrected chi connectivity index (χ3v) is 3.32. The number of halogens is 1. The second-order valence-electron chi connectivity index (χ2n) is 4.29. The van der Waals surface area contributed by atoms with Crippen molar-refractivity contribution in [3.63, 3.8) is 0 Å². The van der Waals surface area contributed by atoms with Gasteiger partial charge in [0.15, 0.2) is 4.67 Å². The molecule has 0 saturated heterocycles. The molecular formula is C13H17BrN2O2. The fraction of sp³-hybridized carbons (Fsp3) is 0.462. The van der Waals surface area contributed by atoms with E-state index >= 15 is 0 Å². The van der Waals surface area contributed by atoms with E-state index in [0.29, 0.717) is 0 Å². The zero-order valence-electron chi connectivity index (χ0n) is 10.6. The molecule has 2 rings (SSSR count). The zero-order valence-corrected chi connectivity index (χ0v) is 12.2. The first kappa shape index (κ1) is 13.4. The highest BCUT2D eigenvalue weighted by Crippen LogP contribution is 2.15. The molecule has 0 bridgehead atoms. The van der Waals surface area contributed by atoms with Gasteiger partial charge in [0, 0.05) is 5.56 Å². The molecule has 0 aromatic carbocycles. The van der Waals surface area contributed by atoms with Gasteiger partial charge in [0.2, 0.25) is 0 Å². The van der Waals surface area contributed by atoms with Crippen LogP contribution in [-0.2, 0) is 13.0 Å². The second kappa shape index (κ2) is 6.20. The first-order chi connectivity index (χ1) is 8.66. The summed E-state index contributed by atoms with van der Waals surface area (Å²) in [5.74, 6) is 1.88. The number of hydrogen-bond donors (Lipinski definition) is 1. The molecule has 18 heavy (non-hydrogen) atoms. The lowest BCUT2D eigenvalue weighted by atomic mass is 10.1. The number of nitrogens with zero attached hydrogens (tertiary/aromatic N) is 1. The van der Waals surface area contributed by atoms with Crippen LogP contribution in [0.1, 0.15) is 29.2 Å². The molecule has 0 unspecified atom stereocenters. The topological polar surface area (TPSA) is 51.2 Å². The Morgan fingerprint density at radius 3 is 2.78 bits per heavy atom. The Morgan fingerprint density at radius 1 is 1.33 bits per heavy atom. The molecule has 0 aliphatic carbocycles. The van der Waals surface area contributed by atoms with E-state index in [4.69, 9.17) is 8.94 Å². The Labute approximate surface area is 115 Å². The summed E-state index contributed by atoms with van der Waals surface area (Å²) in [6.07, 6.45) is 2.06. The van der Waals surface area contributed by atoms with E-state index in [-0.39, 0.29) is 0 Å². The van der Waals surface area contributed by atoms with E-state index in [1.165, 1.54) is 5.56 Å². The Morgan fingerprint density at radius 2 is 2.17 bits per heavy atom. The van der Waals surface area contributed by atoms with Gasteiger partial charge in [-0.1, -0.05) is 5.16 Å². The predicted octanol–water partition coefficient (Wildman–Crippen LogP) is 3.37. The number of aryl methyl sites for hydroxylation is 2. The minimum absolute atomic E-state index is 0.757. The molecule has 5 heteroatoms. The van der Waals surface area contributed by atoms with Gasteiger partial charge in [0.25, 0.3) is 0 Å². The summed E-state index contributed by atoms with van der Waals surface area (Å²) in [7, 11) is 0.